The zero-order chi connectivity index (χ0) is 6.81. The van der Waals surface area contributed by atoms with E-state index < -0.39 is 0 Å². The quantitative estimate of drug-likeness (QED) is 0.647. The predicted octanol–water partition coefficient (Wildman–Crippen LogP) is 0.903. The van der Waals surface area contributed by atoms with Crippen LogP contribution >= 0.6 is 0 Å². The first-order valence-corrected chi connectivity index (χ1v) is 3.35. The zero-order valence-electron chi connectivity index (χ0n) is 6.47. The van der Waals surface area contributed by atoms with Crippen molar-refractivity contribution in [2.24, 2.45) is 0 Å². The molecular weight excluding hydrogens is 299 g/mol. The molecule has 1 nitrogen and oxygen atoms in total. The first-order chi connectivity index (χ1) is 4.97. The van der Waals surface area contributed by atoms with Crippen LogP contribution in [0.5, 0.6) is 5.75 Å². The van der Waals surface area contributed by atoms with E-state index in [1.807, 2.05) is 30.3 Å². The van der Waals surface area contributed by atoms with Crippen LogP contribution in [0.25, 0.3) is 6.08 Å². The molecule has 0 aromatic heterocycles. The maximum Gasteiger partial charge on any atom is 0.187 e. The minimum absolute atomic E-state index is 0. The van der Waals surface area contributed by atoms with Gasteiger partial charge < -0.3 is 4.74 Å². The van der Waals surface area contributed by atoms with Gasteiger partial charge in [0.15, 0.2) is 17.4 Å². The molecule has 13 heavy (non-hydrogen) atoms. The van der Waals surface area contributed by atoms with E-state index >= 15 is 0 Å². The van der Waals surface area contributed by atoms with Gasteiger partial charge in [0.2, 0.25) is 0 Å². The van der Waals surface area contributed by atoms with Gasteiger partial charge in [-0.05, 0) is 12.1 Å². The van der Waals surface area contributed by atoms with Gasteiger partial charge >= 0.3 is 0 Å². The summed E-state index contributed by atoms with van der Waals surface area (Å²) in [4.78, 5) is 0. The van der Waals surface area contributed by atoms with Crippen molar-refractivity contribution in [2.45, 2.75) is 0 Å². The van der Waals surface area contributed by atoms with Crippen molar-refractivity contribution in [1.29, 1.82) is 0 Å². The monoisotopic (exact) mass is 309 g/mol. The fraction of sp³-hybridized carbons (Fsp3) is 0.111. The van der Waals surface area contributed by atoms with Crippen LogP contribution in [0.1, 0.15) is 5.56 Å². The molecule has 2 rings (SSSR count). The molecule has 0 fully saturated rings. The summed E-state index contributed by atoms with van der Waals surface area (Å²) in [7, 11) is 0. The molecule has 0 N–H and O–H groups in total. The molecule has 0 unspecified atom stereocenters. The van der Waals surface area contributed by atoms with Gasteiger partial charge in [0.25, 0.3) is 0 Å². The van der Waals surface area contributed by atoms with E-state index in [4.69, 9.17) is 4.74 Å². The predicted molar refractivity (Wildman–Crippen MR) is 50.9 cm³/mol. The minimum Gasteiger partial charge on any atom is -0.489 e. The van der Waals surface area contributed by atoms with E-state index in [2.05, 4.69) is 6.08 Å². The summed E-state index contributed by atoms with van der Waals surface area (Å²) in [5.41, 5.74) is 1.17. The Balaban J connectivity index is 0. The van der Waals surface area contributed by atoms with Crippen molar-refractivity contribution in [1.82, 2.24) is 0 Å². The van der Waals surface area contributed by atoms with E-state index in [1.54, 1.807) is 0 Å². The van der Waals surface area contributed by atoms with Gasteiger partial charge in [0, 0.05) is 54.8 Å². The summed E-state index contributed by atoms with van der Waals surface area (Å²) in [6.45, 7) is 0.705. The van der Waals surface area contributed by atoms with Gasteiger partial charge in [-0.25, -0.2) is 0 Å². The molecule has 0 saturated carbocycles. The van der Waals surface area contributed by atoms with Crippen molar-refractivity contribution in [3.8, 4) is 5.75 Å². The fourth-order valence-corrected chi connectivity index (χ4v) is 1.06. The Labute approximate surface area is 124 Å². The molecule has 1 aromatic rings. The second kappa shape index (κ2) is 8.22. The van der Waals surface area contributed by atoms with E-state index in [9.17, 15) is 0 Å². The third-order valence-electron chi connectivity index (χ3n) is 1.55. The van der Waals surface area contributed by atoms with Crippen LogP contribution < -0.4 is 4.74 Å². The number of fused-ring (bicyclic) bond motifs is 1. The molecule has 0 bridgehead atoms. The number of hydrogen-bond donors (Lipinski definition) is 0. The van der Waals surface area contributed by atoms with E-state index in [-0.39, 0.29) is 66.6 Å². The van der Waals surface area contributed by atoms with Gasteiger partial charge in [-0.2, -0.15) is 0 Å². The minimum atomic E-state index is 0. The average molecular weight is 310 g/mol. The normalized spacial score (nSPS) is 10.8. The molecule has 0 spiro atoms. The summed E-state index contributed by atoms with van der Waals surface area (Å²) in [5, 5.41) is 0. The van der Waals surface area contributed by atoms with Crippen LogP contribution in [0.3, 0.4) is 0 Å². The molecule has 0 atom stereocenters. The SMILES string of the molecule is C1=Cc2ccccc2OC1.[AlH3].[Ni].[Y]. The molecule has 1 aromatic carbocycles. The Morgan fingerprint density at radius 2 is 1.85 bits per heavy atom. The van der Waals surface area contributed by atoms with Gasteiger partial charge in [0.05, 0.1) is 0 Å². The Bertz CT molecular complexity index is 278. The van der Waals surface area contributed by atoms with Crippen LogP contribution in [0, 0.1) is 0 Å². The summed E-state index contributed by atoms with van der Waals surface area (Å²) in [6.07, 6.45) is 4.10. The van der Waals surface area contributed by atoms with Crippen LogP contribution in [0.2, 0.25) is 0 Å². The van der Waals surface area contributed by atoms with Crippen molar-refractivity contribution in [3.63, 3.8) is 0 Å². The van der Waals surface area contributed by atoms with Crippen LogP contribution in [-0.4, -0.2) is 24.0 Å². The Morgan fingerprint density at radius 3 is 2.54 bits per heavy atom. The van der Waals surface area contributed by atoms with Gasteiger partial charge in [-0.3, -0.25) is 0 Å². The Kier molecular flexibility index (Phi) is 10.3. The van der Waals surface area contributed by atoms with Crippen molar-refractivity contribution in [3.05, 3.63) is 35.9 Å². The first-order valence-electron chi connectivity index (χ1n) is 3.35. The van der Waals surface area contributed by atoms with E-state index in [0.29, 0.717) is 6.61 Å². The summed E-state index contributed by atoms with van der Waals surface area (Å²) >= 11 is 0. The zero-order valence-corrected chi connectivity index (χ0v) is 10.3. The Morgan fingerprint density at radius 1 is 1.15 bits per heavy atom. The molecule has 1 aliphatic rings. The van der Waals surface area contributed by atoms with Crippen LogP contribution in [-0.2, 0) is 49.2 Å². The van der Waals surface area contributed by atoms with Gasteiger partial charge in [0.1, 0.15) is 12.4 Å². The number of ether oxygens (including phenoxy) is 1. The maximum absolute atomic E-state index is 5.34. The third kappa shape index (κ3) is 4.28. The summed E-state index contributed by atoms with van der Waals surface area (Å²) in [5.74, 6) is 0.991. The average Bonchev–Trinajstić information content (AvgIpc) is 2.05. The largest absolute Gasteiger partial charge is 0.489 e. The molecule has 1 heterocycles. The Hall–Kier alpha value is 0.890. The number of para-hydroxylation sites is 1. The molecule has 0 amide bonds. The number of hydrogen-bond acceptors (Lipinski definition) is 1. The van der Waals surface area contributed by atoms with Crippen LogP contribution in [0.15, 0.2) is 30.3 Å². The first kappa shape index (κ1) is 16.3. The maximum atomic E-state index is 5.34. The second-order valence-electron chi connectivity index (χ2n) is 2.25. The number of benzene rings is 1. The van der Waals surface area contributed by atoms with Crippen molar-refractivity contribution in [2.75, 3.05) is 6.61 Å². The summed E-state index contributed by atoms with van der Waals surface area (Å²) in [6, 6.07) is 8.03. The van der Waals surface area contributed by atoms with E-state index in [0.717, 1.165) is 5.75 Å². The molecule has 0 saturated heterocycles. The van der Waals surface area contributed by atoms with Gasteiger partial charge in [-0.1, -0.05) is 24.3 Å². The van der Waals surface area contributed by atoms with Gasteiger partial charge in [-0.15, -0.1) is 0 Å². The fourth-order valence-electron chi connectivity index (χ4n) is 1.06. The topological polar surface area (TPSA) is 9.23 Å². The second-order valence-corrected chi connectivity index (χ2v) is 2.25. The molecular formula is C9H11AlNiOY. The molecule has 4 heteroatoms. The van der Waals surface area contributed by atoms with Crippen molar-refractivity contribution >= 4 is 23.4 Å². The third-order valence-corrected chi connectivity index (χ3v) is 1.55. The molecule has 69 valence electrons. The standard InChI is InChI=1S/C9H8O.Al.Ni.Y.3H/c1-2-6-9-8(4-1)5-3-7-10-9;;;;;;/h1-6H,7H2;;;;;;. The smallest absolute Gasteiger partial charge is 0.187 e. The summed E-state index contributed by atoms with van der Waals surface area (Å²) < 4.78 is 5.34. The molecule has 0 aliphatic carbocycles. The van der Waals surface area contributed by atoms with Crippen molar-refractivity contribution < 1.29 is 53.9 Å². The molecule has 1 aliphatic heterocycles. The number of rotatable bonds is 0. The molecule has 1 radical (unpaired) electrons. The van der Waals surface area contributed by atoms with E-state index in [1.165, 1.54) is 5.56 Å². The van der Waals surface area contributed by atoms with Crippen LogP contribution in [0.4, 0.5) is 0 Å².